The lowest BCUT2D eigenvalue weighted by atomic mass is 10.1. The molecule has 0 spiro atoms. The molecule has 4 rings (SSSR count). The molecule has 2 aromatic carbocycles. The number of carbonyl (C=O) groups is 1. The number of benzene rings is 2. The number of carbonyl (C=O) groups excluding carboxylic acids is 1. The molecule has 0 aliphatic rings. The van der Waals surface area contributed by atoms with Crippen LogP contribution in [0.4, 0.5) is 5.13 Å². The molecule has 0 radical (unpaired) electrons. The molecule has 30 heavy (non-hydrogen) atoms. The fraction of sp³-hybridized carbons (Fsp3) is 0.208. The van der Waals surface area contributed by atoms with E-state index in [9.17, 15) is 4.79 Å². The van der Waals surface area contributed by atoms with Gasteiger partial charge in [0.25, 0.3) is 0 Å². The van der Waals surface area contributed by atoms with Crippen LogP contribution in [-0.2, 0) is 17.8 Å². The van der Waals surface area contributed by atoms with Gasteiger partial charge in [0.15, 0.2) is 5.13 Å². The maximum absolute atomic E-state index is 13.3. The van der Waals surface area contributed by atoms with E-state index in [-0.39, 0.29) is 5.91 Å². The second kappa shape index (κ2) is 9.41. The van der Waals surface area contributed by atoms with Gasteiger partial charge in [0.05, 0.1) is 28.9 Å². The molecule has 4 nitrogen and oxygen atoms in total. The quantitative estimate of drug-likeness (QED) is 0.337. The smallest absolute Gasteiger partial charge is 0.233 e. The molecular formula is C24H23N3OS2. The van der Waals surface area contributed by atoms with E-state index in [4.69, 9.17) is 4.98 Å². The summed E-state index contributed by atoms with van der Waals surface area (Å²) in [6, 6.07) is 22.0. The van der Waals surface area contributed by atoms with Crippen LogP contribution in [0.1, 0.15) is 25.1 Å². The fourth-order valence-corrected chi connectivity index (χ4v) is 4.94. The van der Waals surface area contributed by atoms with Gasteiger partial charge >= 0.3 is 0 Å². The van der Waals surface area contributed by atoms with Gasteiger partial charge in [-0.1, -0.05) is 55.5 Å². The van der Waals surface area contributed by atoms with Crippen molar-refractivity contribution < 1.29 is 4.79 Å². The molecule has 4 aromatic rings. The lowest BCUT2D eigenvalue weighted by Crippen LogP contribution is -2.32. The zero-order chi connectivity index (χ0) is 20.9. The van der Waals surface area contributed by atoms with Crippen LogP contribution in [0.3, 0.4) is 0 Å². The normalized spacial score (nSPS) is 11.2. The molecule has 0 saturated carbocycles. The highest BCUT2D eigenvalue weighted by Gasteiger charge is 2.21. The van der Waals surface area contributed by atoms with Crippen molar-refractivity contribution >= 4 is 44.4 Å². The maximum atomic E-state index is 13.3. The van der Waals surface area contributed by atoms with Crippen molar-refractivity contribution in [2.24, 2.45) is 0 Å². The van der Waals surface area contributed by atoms with Gasteiger partial charge in [-0.3, -0.25) is 14.7 Å². The van der Waals surface area contributed by atoms with Gasteiger partial charge in [0.1, 0.15) is 0 Å². The predicted molar refractivity (Wildman–Crippen MR) is 126 cm³/mol. The predicted octanol–water partition coefficient (Wildman–Crippen LogP) is 5.97. The van der Waals surface area contributed by atoms with E-state index in [1.807, 2.05) is 66.4 Å². The molecule has 2 aromatic heterocycles. The summed E-state index contributed by atoms with van der Waals surface area (Å²) < 4.78 is 1.07. The van der Waals surface area contributed by atoms with E-state index in [1.54, 1.807) is 11.1 Å². The first-order valence-corrected chi connectivity index (χ1v) is 11.6. The summed E-state index contributed by atoms with van der Waals surface area (Å²) in [5.74, 6) is 0.0176. The van der Waals surface area contributed by atoms with Crippen molar-refractivity contribution in [3.63, 3.8) is 0 Å². The Kier molecular flexibility index (Phi) is 6.45. The van der Waals surface area contributed by atoms with Crippen LogP contribution >= 0.6 is 23.1 Å². The second-order valence-electron chi connectivity index (χ2n) is 7.25. The van der Waals surface area contributed by atoms with Crippen LogP contribution < -0.4 is 4.90 Å². The molecular weight excluding hydrogens is 410 g/mol. The molecule has 0 fully saturated rings. The number of fused-ring (bicyclic) bond motifs is 1. The topological polar surface area (TPSA) is 46.1 Å². The summed E-state index contributed by atoms with van der Waals surface area (Å²) in [7, 11) is 0. The Morgan fingerprint density at radius 2 is 1.80 bits per heavy atom. The molecule has 0 bridgehead atoms. The number of rotatable bonds is 7. The summed E-state index contributed by atoms with van der Waals surface area (Å²) in [6.07, 6.45) is 2.08. The lowest BCUT2D eigenvalue weighted by Gasteiger charge is -2.19. The molecule has 2 heterocycles. The van der Waals surface area contributed by atoms with Gasteiger partial charge in [0.2, 0.25) is 5.91 Å². The minimum atomic E-state index is 0.0176. The number of pyridine rings is 1. The van der Waals surface area contributed by atoms with Crippen LogP contribution in [0, 0.1) is 0 Å². The largest absolute Gasteiger partial charge is 0.282 e. The van der Waals surface area contributed by atoms with E-state index in [0.717, 1.165) is 21.5 Å². The third kappa shape index (κ3) is 5.07. The number of hydrogen-bond donors (Lipinski definition) is 0. The first-order chi connectivity index (χ1) is 14.6. The fourth-order valence-electron chi connectivity index (χ4n) is 3.12. The molecule has 1 amide bonds. The highest BCUT2D eigenvalue weighted by Crippen LogP contribution is 2.30. The van der Waals surface area contributed by atoms with Crippen LogP contribution in [0.5, 0.6) is 0 Å². The highest BCUT2D eigenvalue weighted by molar-refractivity contribution is 7.99. The Hall–Kier alpha value is -2.70. The third-order valence-electron chi connectivity index (χ3n) is 4.51. The van der Waals surface area contributed by atoms with Crippen LogP contribution in [0.15, 0.2) is 77.8 Å². The number of thioether (sulfide) groups is 1. The van der Waals surface area contributed by atoms with Gasteiger partial charge in [-0.2, -0.15) is 0 Å². The van der Waals surface area contributed by atoms with Gasteiger partial charge in [0, 0.05) is 16.3 Å². The number of para-hydroxylation sites is 1. The van der Waals surface area contributed by atoms with Gasteiger partial charge < -0.3 is 0 Å². The molecule has 0 atom stereocenters. The number of nitrogens with zero attached hydrogens (tertiary/aromatic N) is 3. The third-order valence-corrected chi connectivity index (χ3v) is 6.59. The summed E-state index contributed by atoms with van der Waals surface area (Å²) >= 11 is 3.36. The van der Waals surface area contributed by atoms with E-state index in [1.165, 1.54) is 16.2 Å². The van der Waals surface area contributed by atoms with E-state index in [2.05, 4.69) is 31.0 Å². The van der Waals surface area contributed by atoms with E-state index < -0.39 is 0 Å². The Balaban J connectivity index is 1.59. The first kappa shape index (κ1) is 20.6. The Labute approximate surface area is 185 Å². The van der Waals surface area contributed by atoms with Crippen molar-refractivity contribution in [2.45, 2.75) is 37.0 Å². The van der Waals surface area contributed by atoms with Crippen LogP contribution in [0.25, 0.3) is 10.2 Å². The lowest BCUT2D eigenvalue weighted by molar-refractivity contribution is -0.118. The zero-order valence-electron chi connectivity index (χ0n) is 17.0. The molecule has 6 heteroatoms. The van der Waals surface area contributed by atoms with Crippen molar-refractivity contribution in [2.75, 3.05) is 4.90 Å². The Morgan fingerprint density at radius 3 is 2.50 bits per heavy atom. The molecule has 0 N–H and O–H groups in total. The van der Waals surface area contributed by atoms with E-state index >= 15 is 0 Å². The van der Waals surface area contributed by atoms with Gasteiger partial charge in [-0.05, 0) is 42.0 Å². The average Bonchev–Trinajstić information content (AvgIpc) is 3.17. The zero-order valence-corrected chi connectivity index (χ0v) is 18.6. The minimum Gasteiger partial charge on any atom is -0.282 e. The summed E-state index contributed by atoms with van der Waals surface area (Å²) in [5, 5.41) is 1.24. The van der Waals surface area contributed by atoms with Crippen molar-refractivity contribution in [3.8, 4) is 0 Å². The number of amides is 1. The second-order valence-corrected chi connectivity index (χ2v) is 9.91. The van der Waals surface area contributed by atoms with Crippen LogP contribution in [0.2, 0.25) is 0 Å². The van der Waals surface area contributed by atoms with Crippen molar-refractivity contribution in [1.29, 1.82) is 0 Å². The molecule has 0 unspecified atom stereocenters. The number of thiazole rings is 1. The summed E-state index contributed by atoms with van der Waals surface area (Å²) in [4.78, 5) is 25.4. The number of aromatic nitrogens is 2. The van der Waals surface area contributed by atoms with Crippen LogP contribution in [-0.4, -0.2) is 21.1 Å². The standard InChI is InChI=1S/C24H23N3OS2/c1-17(2)29-20-12-10-18(11-13-20)15-23(28)27(16-19-7-5-6-14-25-19)24-26-21-8-3-4-9-22(21)30-24/h3-14,17H,15-16H2,1-2H3. The molecule has 0 aliphatic heterocycles. The monoisotopic (exact) mass is 433 g/mol. The SMILES string of the molecule is CC(C)Sc1ccc(CC(=O)N(Cc2ccccn2)c2nc3ccccc3s2)cc1. The molecule has 0 saturated heterocycles. The summed E-state index contributed by atoms with van der Waals surface area (Å²) in [5.41, 5.74) is 2.75. The molecule has 0 aliphatic carbocycles. The van der Waals surface area contributed by atoms with Gasteiger partial charge in [-0.15, -0.1) is 11.8 Å². The Bertz CT molecular complexity index is 1090. The highest BCUT2D eigenvalue weighted by atomic mass is 32.2. The van der Waals surface area contributed by atoms with Gasteiger partial charge in [-0.25, -0.2) is 4.98 Å². The van der Waals surface area contributed by atoms with Crippen molar-refractivity contribution in [3.05, 3.63) is 84.2 Å². The number of hydrogen-bond acceptors (Lipinski definition) is 5. The van der Waals surface area contributed by atoms with Crippen molar-refractivity contribution in [1.82, 2.24) is 9.97 Å². The first-order valence-electron chi connectivity index (χ1n) is 9.90. The maximum Gasteiger partial charge on any atom is 0.233 e. The average molecular weight is 434 g/mol. The number of anilines is 1. The van der Waals surface area contributed by atoms with E-state index in [0.29, 0.717) is 23.3 Å². The molecule has 152 valence electrons. The Morgan fingerprint density at radius 1 is 1.03 bits per heavy atom. The summed E-state index contributed by atoms with van der Waals surface area (Å²) in [6.45, 7) is 4.76. The minimum absolute atomic E-state index is 0.0176.